The van der Waals surface area contributed by atoms with Crippen molar-refractivity contribution in [1.29, 1.82) is 0 Å². The van der Waals surface area contributed by atoms with Crippen LogP contribution in [0.1, 0.15) is 21.3 Å². The third-order valence-electron chi connectivity index (χ3n) is 4.18. The minimum Gasteiger partial charge on any atom is -0.343 e. The number of thiazole rings is 1. The van der Waals surface area contributed by atoms with E-state index in [0.29, 0.717) is 22.0 Å². The molecule has 0 aliphatic rings. The Bertz CT molecular complexity index is 1070. The summed E-state index contributed by atoms with van der Waals surface area (Å²) in [4.78, 5) is 21.4. The van der Waals surface area contributed by atoms with Gasteiger partial charge in [-0.05, 0) is 17.7 Å². The summed E-state index contributed by atoms with van der Waals surface area (Å²) in [6.45, 7) is 0.439. The average molecular weight is 393 g/mol. The molecule has 0 saturated heterocycles. The van der Waals surface area contributed by atoms with Crippen molar-refractivity contribution in [2.24, 2.45) is 0 Å². The van der Waals surface area contributed by atoms with Crippen LogP contribution < -0.4 is 5.32 Å². The van der Waals surface area contributed by atoms with E-state index in [9.17, 15) is 9.18 Å². The number of hydrogen-bond donors (Lipinski definition) is 1. The number of hydrogen-bond acceptors (Lipinski definition) is 5. The van der Waals surface area contributed by atoms with Gasteiger partial charge in [0.1, 0.15) is 28.4 Å². The van der Waals surface area contributed by atoms with Gasteiger partial charge < -0.3 is 5.32 Å². The molecule has 1 N–H and O–H groups in total. The molecule has 28 heavy (non-hydrogen) atoms. The number of benzene rings is 2. The molecule has 0 aliphatic heterocycles. The topological polar surface area (TPSA) is 72.7 Å². The zero-order valence-corrected chi connectivity index (χ0v) is 15.5. The fraction of sp³-hybridized carbons (Fsp3) is 0.100. The van der Waals surface area contributed by atoms with Crippen LogP contribution in [0.15, 0.2) is 73.4 Å². The van der Waals surface area contributed by atoms with Crippen LogP contribution in [-0.4, -0.2) is 25.7 Å². The quantitative estimate of drug-likeness (QED) is 0.542. The molecule has 1 atom stereocenters. The normalized spacial score (nSPS) is 11.9. The van der Waals surface area contributed by atoms with E-state index in [1.807, 2.05) is 30.3 Å². The summed E-state index contributed by atoms with van der Waals surface area (Å²) >= 11 is 1.16. The van der Waals surface area contributed by atoms with Crippen molar-refractivity contribution < 1.29 is 9.18 Å². The van der Waals surface area contributed by atoms with Crippen LogP contribution in [0.2, 0.25) is 0 Å². The molecule has 4 rings (SSSR count). The lowest BCUT2D eigenvalue weighted by Crippen LogP contribution is -2.31. The van der Waals surface area contributed by atoms with Gasteiger partial charge in [-0.3, -0.25) is 9.48 Å². The Labute approximate surface area is 164 Å². The maximum atomic E-state index is 14.0. The van der Waals surface area contributed by atoms with Crippen LogP contribution in [-0.2, 0) is 6.54 Å². The fourth-order valence-electron chi connectivity index (χ4n) is 2.80. The van der Waals surface area contributed by atoms with E-state index < -0.39 is 0 Å². The molecule has 8 heteroatoms. The standard InChI is InChI=1S/C20H16FN5OS/c21-16-9-5-4-8-15(16)20-23-10-18(28-20)19(27)25-17(11-26-13-22-12-24-26)14-6-2-1-3-7-14/h1-10,12-13,17H,11H2,(H,25,27). The third-order valence-corrected chi connectivity index (χ3v) is 5.21. The molecule has 0 radical (unpaired) electrons. The molecular weight excluding hydrogens is 377 g/mol. The summed E-state index contributed by atoms with van der Waals surface area (Å²) in [6, 6.07) is 15.7. The SMILES string of the molecule is O=C(NC(Cn1cncn1)c1ccccc1)c1cnc(-c2ccccc2F)s1. The van der Waals surface area contributed by atoms with Crippen molar-refractivity contribution in [2.75, 3.05) is 0 Å². The second-order valence-electron chi connectivity index (χ2n) is 6.06. The van der Waals surface area contributed by atoms with Crippen molar-refractivity contribution in [2.45, 2.75) is 12.6 Å². The molecule has 140 valence electrons. The van der Waals surface area contributed by atoms with E-state index in [2.05, 4.69) is 20.4 Å². The van der Waals surface area contributed by atoms with E-state index in [1.165, 1.54) is 18.6 Å². The molecule has 6 nitrogen and oxygen atoms in total. The molecule has 0 bridgehead atoms. The number of carbonyl (C=O) groups is 1. The van der Waals surface area contributed by atoms with Crippen molar-refractivity contribution in [1.82, 2.24) is 25.1 Å². The lowest BCUT2D eigenvalue weighted by molar-refractivity contribution is 0.0935. The highest BCUT2D eigenvalue weighted by Gasteiger charge is 2.19. The second kappa shape index (κ2) is 8.10. The van der Waals surface area contributed by atoms with Gasteiger partial charge in [0.2, 0.25) is 0 Å². The summed E-state index contributed by atoms with van der Waals surface area (Å²) in [5, 5.41) is 7.60. The molecule has 0 spiro atoms. The summed E-state index contributed by atoms with van der Waals surface area (Å²) in [5.74, 6) is -0.633. The highest BCUT2D eigenvalue weighted by Crippen LogP contribution is 2.27. The van der Waals surface area contributed by atoms with Gasteiger partial charge in [0.15, 0.2) is 0 Å². The van der Waals surface area contributed by atoms with Crippen LogP contribution in [0, 0.1) is 5.82 Å². The summed E-state index contributed by atoms with van der Waals surface area (Å²) < 4.78 is 15.6. The maximum Gasteiger partial charge on any atom is 0.263 e. The molecule has 1 amide bonds. The predicted molar refractivity (Wildman–Crippen MR) is 104 cm³/mol. The number of nitrogens with one attached hydrogen (secondary N) is 1. The van der Waals surface area contributed by atoms with Crippen LogP contribution >= 0.6 is 11.3 Å². The summed E-state index contributed by atoms with van der Waals surface area (Å²) in [6.07, 6.45) is 4.53. The molecule has 0 aliphatic carbocycles. The van der Waals surface area contributed by atoms with E-state index in [0.717, 1.165) is 16.9 Å². The Morgan fingerprint density at radius 3 is 2.68 bits per heavy atom. The Morgan fingerprint density at radius 1 is 1.14 bits per heavy atom. The van der Waals surface area contributed by atoms with Crippen molar-refractivity contribution in [3.63, 3.8) is 0 Å². The first-order valence-electron chi connectivity index (χ1n) is 8.59. The van der Waals surface area contributed by atoms with Crippen LogP contribution in [0.4, 0.5) is 4.39 Å². The molecule has 0 fully saturated rings. The smallest absolute Gasteiger partial charge is 0.263 e. The Kier molecular flexibility index (Phi) is 5.20. The number of rotatable bonds is 6. The first-order valence-corrected chi connectivity index (χ1v) is 9.41. The van der Waals surface area contributed by atoms with E-state index in [-0.39, 0.29) is 17.8 Å². The number of aromatic nitrogens is 4. The predicted octanol–water partition coefficient (Wildman–Crippen LogP) is 3.71. The highest BCUT2D eigenvalue weighted by molar-refractivity contribution is 7.16. The van der Waals surface area contributed by atoms with Gasteiger partial charge >= 0.3 is 0 Å². The number of halogens is 1. The minimum atomic E-state index is -0.364. The van der Waals surface area contributed by atoms with Gasteiger partial charge in [-0.2, -0.15) is 5.10 Å². The van der Waals surface area contributed by atoms with Gasteiger partial charge in [0.25, 0.3) is 5.91 Å². The largest absolute Gasteiger partial charge is 0.343 e. The average Bonchev–Trinajstić information content (AvgIpc) is 3.41. The maximum absolute atomic E-state index is 14.0. The lowest BCUT2D eigenvalue weighted by atomic mass is 10.1. The van der Waals surface area contributed by atoms with Crippen LogP contribution in [0.25, 0.3) is 10.6 Å². The lowest BCUT2D eigenvalue weighted by Gasteiger charge is -2.18. The number of amides is 1. The van der Waals surface area contributed by atoms with E-state index >= 15 is 0 Å². The zero-order chi connectivity index (χ0) is 19.3. The molecule has 2 aromatic carbocycles. The summed E-state index contributed by atoms with van der Waals surface area (Å²) in [7, 11) is 0. The molecule has 1 unspecified atom stereocenters. The van der Waals surface area contributed by atoms with Gasteiger partial charge in [0, 0.05) is 5.56 Å². The Hall–Kier alpha value is -3.39. The van der Waals surface area contributed by atoms with Crippen molar-refractivity contribution in [3.05, 3.63) is 89.7 Å². The molecule has 4 aromatic rings. The number of carbonyl (C=O) groups excluding carboxylic acids is 1. The first kappa shape index (κ1) is 18.0. The van der Waals surface area contributed by atoms with Gasteiger partial charge in [-0.1, -0.05) is 42.5 Å². The summed E-state index contributed by atoms with van der Waals surface area (Å²) in [5.41, 5.74) is 1.33. The fourth-order valence-corrected chi connectivity index (χ4v) is 3.65. The van der Waals surface area contributed by atoms with Crippen LogP contribution in [0.3, 0.4) is 0 Å². The van der Waals surface area contributed by atoms with Crippen LogP contribution in [0.5, 0.6) is 0 Å². The van der Waals surface area contributed by atoms with Crippen molar-refractivity contribution >= 4 is 17.2 Å². The van der Waals surface area contributed by atoms with Gasteiger partial charge in [0.05, 0.1) is 18.8 Å². The third kappa shape index (κ3) is 3.96. The van der Waals surface area contributed by atoms with Gasteiger partial charge in [-0.25, -0.2) is 14.4 Å². The molecular formula is C20H16FN5OS. The van der Waals surface area contributed by atoms with E-state index in [1.54, 1.807) is 29.2 Å². The monoisotopic (exact) mass is 393 g/mol. The van der Waals surface area contributed by atoms with Crippen molar-refractivity contribution in [3.8, 4) is 10.6 Å². The molecule has 2 heterocycles. The van der Waals surface area contributed by atoms with E-state index in [4.69, 9.17) is 0 Å². The highest BCUT2D eigenvalue weighted by atomic mass is 32.1. The van der Waals surface area contributed by atoms with Gasteiger partial charge in [-0.15, -0.1) is 11.3 Å². The minimum absolute atomic E-state index is 0.269. The Balaban J connectivity index is 1.55. The second-order valence-corrected chi connectivity index (χ2v) is 7.09. The molecule has 2 aromatic heterocycles. The molecule has 0 saturated carbocycles. The number of nitrogens with zero attached hydrogens (tertiary/aromatic N) is 4. The Morgan fingerprint density at radius 2 is 1.93 bits per heavy atom. The first-order chi connectivity index (χ1) is 13.7. The zero-order valence-electron chi connectivity index (χ0n) is 14.7.